The highest BCUT2D eigenvalue weighted by Crippen LogP contribution is 2.35. The van der Waals surface area contributed by atoms with Gasteiger partial charge in [0.15, 0.2) is 11.5 Å². The van der Waals surface area contributed by atoms with Crippen LogP contribution in [-0.4, -0.2) is 70.5 Å². The minimum absolute atomic E-state index is 0.0210. The van der Waals surface area contributed by atoms with Crippen molar-refractivity contribution in [2.45, 2.75) is 71.0 Å². The van der Waals surface area contributed by atoms with E-state index in [0.29, 0.717) is 29.7 Å². The lowest BCUT2D eigenvalue weighted by atomic mass is 10.00. The molecule has 0 N–H and O–H groups in total. The second-order valence-corrected chi connectivity index (χ2v) is 11.6. The summed E-state index contributed by atoms with van der Waals surface area (Å²) in [4.78, 5) is 44.4. The molecule has 1 amide bonds. The predicted molar refractivity (Wildman–Crippen MR) is 162 cm³/mol. The quantitative estimate of drug-likeness (QED) is 0.324. The molecule has 44 heavy (non-hydrogen) atoms. The van der Waals surface area contributed by atoms with Crippen LogP contribution in [0.4, 0.5) is 10.2 Å². The number of hydrogen-bond acceptors (Lipinski definition) is 9. The van der Waals surface area contributed by atoms with Crippen molar-refractivity contribution in [1.29, 1.82) is 5.26 Å². The molecule has 6 rings (SSSR count). The third kappa shape index (κ3) is 4.90. The summed E-state index contributed by atoms with van der Waals surface area (Å²) < 4.78 is 19.2. The fourth-order valence-corrected chi connectivity index (χ4v) is 6.28. The lowest BCUT2D eigenvalue weighted by molar-refractivity contribution is -0.129. The number of amides is 1. The molecule has 2 aliphatic rings. The van der Waals surface area contributed by atoms with E-state index in [9.17, 15) is 14.9 Å². The third-order valence-corrected chi connectivity index (χ3v) is 8.43. The van der Waals surface area contributed by atoms with E-state index in [4.69, 9.17) is 4.98 Å². The van der Waals surface area contributed by atoms with Gasteiger partial charge in [-0.2, -0.15) is 10.2 Å². The van der Waals surface area contributed by atoms with E-state index < -0.39 is 17.5 Å². The van der Waals surface area contributed by atoms with Gasteiger partial charge in [-0.1, -0.05) is 25.6 Å². The van der Waals surface area contributed by atoms with Crippen LogP contribution in [0.5, 0.6) is 0 Å². The molecule has 0 aromatic carbocycles. The maximum absolute atomic E-state index is 16.1. The summed E-state index contributed by atoms with van der Waals surface area (Å²) in [6.45, 7) is 10.5. The Labute approximate surface area is 253 Å². The molecule has 4 aromatic rings. The van der Waals surface area contributed by atoms with Gasteiger partial charge in [0, 0.05) is 31.9 Å². The number of nitrogens with zero attached hydrogens (tertiary/aromatic N) is 10. The van der Waals surface area contributed by atoms with Crippen molar-refractivity contribution in [3.8, 4) is 23.1 Å². The van der Waals surface area contributed by atoms with Crippen LogP contribution in [0.1, 0.15) is 57.2 Å². The number of fused-ring (bicyclic) bond motifs is 5. The summed E-state index contributed by atoms with van der Waals surface area (Å²) in [5.41, 5.74) is 2.35. The van der Waals surface area contributed by atoms with Crippen LogP contribution in [0.2, 0.25) is 0 Å². The number of piperazine rings is 1. The topological polar surface area (TPSA) is 139 Å². The maximum atomic E-state index is 16.1. The van der Waals surface area contributed by atoms with Gasteiger partial charge in [0.2, 0.25) is 5.91 Å². The highest BCUT2D eigenvalue weighted by molar-refractivity contribution is 5.91. The van der Waals surface area contributed by atoms with Gasteiger partial charge in [-0.25, -0.2) is 23.4 Å². The highest BCUT2D eigenvalue weighted by Gasteiger charge is 2.36. The van der Waals surface area contributed by atoms with Crippen LogP contribution in [0.15, 0.2) is 42.0 Å². The molecule has 226 valence electrons. The number of aromatic nitrogens is 7. The molecule has 1 fully saturated rings. The van der Waals surface area contributed by atoms with Gasteiger partial charge in [0.25, 0.3) is 0 Å². The Morgan fingerprint density at radius 1 is 1.27 bits per heavy atom. The smallest absolute Gasteiger partial charge is 0.349 e. The lowest BCUT2D eigenvalue weighted by Gasteiger charge is -2.45. The molecule has 6 heterocycles. The molecule has 0 aliphatic carbocycles. The summed E-state index contributed by atoms with van der Waals surface area (Å²) in [5, 5.41) is 18.1. The highest BCUT2D eigenvalue weighted by atomic mass is 19.1. The number of anilines is 1. The summed E-state index contributed by atoms with van der Waals surface area (Å²) in [5.74, 6) is -0.661. The van der Waals surface area contributed by atoms with E-state index in [-0.39, 0.29) is 54.5 Å². The summed E-state index contributed by atoms with van der Waals surface area (Å²) in [6, 6.07) is 4.64. The molecular weight excluding hydrogens is 563 g/mol. The Kier molecular flexibility index (Phi) is 7.67. The van der Waals surface area contributed by atoms with Gasteiger partial charge >= 0.3 is 5.69 Å². The van der Waals surface area contributed by atoms with Crippen molar-refractivity contribution in [3.05, 3.63) is 64.7 Å². The number of rotatable bonds is 4. The largest absolute Gasteiger partial charge is 0.355 e. The number of halogens is 1. The first-order valence-corrected chi connectivity index (χ1v) is 14.8. The van der Waals surface area contributed by atoms with E-state index in [1.54, 1.807) is 15.8 Å². The normalized spacial score (nSPS) is 18.4. The molecule has 1 saturated heterocycles. The van der Waals surface area contributed by atoms with Crippen LogP contribution >= 0.6 is 0 Å². The molecule has 12 nitrogen and oxygen atoms in total. The van der Waals surface area contributed by atoms with Gasteiger partial charge in [-0.05, 0) is 55.9 Å². The predicted octanol–water partition coefficient (Wildman–Crippen LogP) is 3.54. The molecule has 2 unspecified atom stereocenters. The molecule has 4 aromatic heterocycles. The van der Waals surface area contributed by atoms with Crippen molar-refractivity contribution in [3.63, 3.8) is 0 Å². The van der Waals surface area contributed by atoms with Gasteiger partial charge in [-0.3, -0.25) is 9.78 Å². The molecular formula is C31H33FN10O2. The number of hydrogen-bond donors (Lipinski definition) is 0. The Bertz CT molecular complexity index is 1870. The first-order chi connectivity index (χ1) is 21.2. The molecule has 0 spiro atoms. The first-order valence-electron chi connectivity index (χ1n) is 14.8. The number of pyridine rings is 2. The Balaban J connectivity index is 1.65. The molecule has 13 heteroatoms. The summed E-state index contributed by atoms with van der Waals surface area (Å²) in [7, 11) is 0. The minimum Gasteiger partial charge on any atom is -0.349 e. The molecule has 2 bridgehead atoms. The number of carbonyl (C=O) groups is 1. The molecule has 0 radical (unpaired) electrons. The van der Waals surface area contributed by atoms with Crippen molar-refractivity contribution in [2.75, 3.05) is 18.0 Å². The van der Waals surface area contributed by atoms with Gasteiger partial charge in [0.1, 0.15) is 17.2 Å². The fraction of sp³-hybridized carbons (Fsp3) is 0.419. The fourth-order valence-electron chi connectivity index (χ4n) is 6.28. The van der Waals surface area contributed by atoms with E-state index in [2.05, 4.69) is 32.9 Å². The molecule has 0 saturated carbocycles. The van der Waals surface area contributed by atoms with Crippen molar-refractivity contribution in [2.24, 2.45) is 0 Å². The van der Waals surface area contributed by atoms with Crippen LogP contribution in [-0.2, 0) is 17.8 Å². The SMILES string of the molecule is C=CC(=O)N1CC(C)N(c2nc(=O)n3c4nc(c(F)cc24)-c2cnnn2CCCCc2ccnc(C(C)C)c2-3)CC1CC#N. The van der Waals surface area contributed by atoms with Crippen molar-refractivity contribution >= 4 is 22.8 Å². The number of aryl methyl sites for hydroxylation is 2. The minimum atomic E-state index is -0.608. The number of nitriles is 1. The number of carbonyl (C=O) groups excluding carboxylic acids is 1. The van der Waals surface area contributed by atoms with Crippen LogP contribution in [0.25, 0.3) is 28.1 Å². The summed E-state index contributed by atoms with van der Waals surface area (Å²) in [6.07, 6.45) is 6.78. The van der Waals surface area contributed by atoms with Crippen molar-refractivity contribution < 1.29 is 9.18 Å². The van der Waals surface area contributed by atoms with E-state index in [0.717, 1.165) is 24.1 Å². The van der Waals surface area contributed by atoms with Gasteiger partial charge in [-0.15, -0.1) is 5.10 Å². The Morgan fingerprint density at radius 3 is 2.84 bits per heavy atom. The Hall–Kier alpha value is -4.99. The monoisotopic (exact) mass is 596 g/mol. The Morgan fingerprint density at radius 2 is 2.09 bits per heavy atom. The van der Waals surface area contributed by atoms with E-state index in [1.807, 2.05) is 31.7 Å². The molecule has 2 aliphatic heterocycles. The van der Waals surface area contributed by atoms with E-state index in [1.165, 1.54) is 22.9 Å². The van der Waals surface area contributed by atoms with E-state index >= 15 is 4.39 Å². The zero-order valence-corrected chi connectivity index (χ0v) is 24.9. The van der Waals surface area contributed by atoms with Crippen molar-refractivity contribution in [1.82, 2.24) is 39.4 Å². The summed E-state index contributed by atoms with van der Waals surface area (Å²) >= 11 is 0. The first kappa shape index (κ1) is 29.1. The second kappa shape index (κ2) is 11.6. The third-order valence-electron chi connectivity index (χ3n) is 8.43. The van der Waals surface area contributed by atoms with Crippen LogP contribution in [0.3, 0.4) is 0 Å². The molecule has 2 atom stereocenters. The average molecular weight is 597 g/mol. The van der Waals surface area contributed by atoms with Crippen LogP contribution in [0, 0.1) is 17.1 Å². The van der Waals surface area contributed by atoms with Crippen LogP contribution < -0.4 is 10.6 Å². The zero-order chi connectivity index (χ0) is 31.1. The zero-order valence-electron chi connectivity index (χ0n) is 24.9. The lowest BCUT2D eigenvalue weighted by Crippen LogP contribution is -2.59. The second-order valence-electron chi connectivity index (χ2n) is 11.6. The van der Waals surface area contributed by atoms with Gasteiger partial charge in [0.05, 0.1) is 41.5 Å². The average Bonchev–Trinajstić information content (AvgIpc) is 3.47. The standard InChI is InChI=1S/C31H33FN10O2/c1-5-25(43)40-16-19(4)39(17-21(40)9-11-33)29-22-14-23(32)27-24-15-35-38-41(24)13-7-6-8-20-10-12-34-26(18(2)3)28(20)42(30(22)36-27)31(44)37-29/h5,10,12,14-15,18-19,21H,1,6-9,13,16-17H2,2-4H3. The maximum Gasteiger partial charge on any atom is 0.355 e. The van der Waals surface area contributed by atoms with Gasteiger partial charge < -0.3 is 9.80 Å².